The lowest BCUT2D eigenvalue weighted by molar-refractivity contribution is 0.240. The molecular weight excluding hydrogens is 525 g/mol. The van der Waals surface area contributed by atoms with Crippen molar-refractivity contribution in [3.63, 3.8) is 0 Å². The molecule has 9 heteroatoms. The van der Waals surface area contributed by atoms with Gasteiger partial charge in [0.1, 0.15) is 0 Å². The molecule has 1 saturated heterocycles. The van der Waals surface area contributed by atoms with Gasteiger partial charge in [-0.25, -0.2) is 12.7 Å². The second-order valence-electron chi connectivity index (χ2n) is 8.02. The van der Waals surface area contributed by atoms with Gasteiger partial charge in [-0.2, -0.15) is 0 Å². The van der Waals surface area contributed by atoms with Gasteiger partial charge in [0, 0.05) is 44.8 Å². The van der Waals surface area contributed by atoms with Crippen molar-refractivity contribution in [2.45, 2.75) is 58.7 Å². The lowest BCUT2D eigenvalue weighted by Gasteiger charge is -2.32. The van der Waals surface area contributed by atoms with Gasteiger partial charge in [0.05, 0.1) is 5.75 Å². The van der Waals surface area contributed by atoms with Crippen molar-refractivity contribution in [1.29, 1.82) is 0 Å². The molecule has 1 aromatic carbocycles. The maximum atomic E-state index is 12.0. The molecule has 0 amide bonds. The van der Waals surface area contributed by atoms with Gasteiger partial charge in [-0.1, -0.05) is 30.3 Å². The van der Waals surface area contributed by atoms with E-state index >= 15 is 0 Å². The SMILES string of the molecule is CCNC(=NCCC(C)N(C)Cc1ccccc1)NC1CCN(S(=O)(=O)CC)CC1.I. The first-order valence-corrected chi connectivity index (χ1v) is 12.7. The largest absolute Gasteiger partial charge is 0.357 e. The Morgan fingerprint density at radius 1 is 1.23 bits per heavy atom. The van der Waals surface area contributed by atoms with Crippen LogP contribution in [0.4, 0.5) is 0 Å². The molecule has 0 aliphatic carbocycles. The fraction of sp³-hybridized carbons (Fsp3) is 0.682. The van der Waals surface area contributed by atoms with E-state index in [0.717, 1.165) is 44.9 Å². The summed E-state index contributed by atoms with van der Waals surface area (Å²) in [6.07, 6.45) is 2.59. The summed E-state index contributed by atoms with van der Waals surface area (Å²) in [5.41, 5.74) is 1.32. The van der Waals surface area contributed by atoms with E-state index in [2.05, 4.69) is 60.7 Å². The topological polar surface area (TPSA) is 77.0 Å². The minimum atomic E-state index is -3.08. The Labute approximate surface area is 206 Å². The third-order valence-electron chi connectivity index (χ3n) is 5.74. The number of hydrogen-bond acceptors (Lipinski definition) is 4. The molecule has 1 fully saturated rings. The molecule has 7 nitrogen and oxygen atoms in total. The van der Waals surface area contributed by atoms with E-state index in [1.54, 1.807) is 11.2 Å². The predicted octanol–water partition coefficient (Wildman–Crippen LogP) is 2.88. The normalized spacial score (nSPS) is 17.3. The molecule has 0 bridgehead atoms. The van der Waals surface area contributed by atoms with Crippen LogP contribution in [-0.2, 0) is 16.6 Å². The van der Waals surface area contributed by atoms with Crippen molar-refractivity contribution in [3.05, 3.63) is 35.9 Å². The highest BCUT2D eigenvalue weighted by atomic mass is 127. The van der Waals surface area contributed by atoms with Crippen LogP contribution in [0.25, 0.3) is 0 Å². The number of hydrogen-bond donors (Lipinski definition) is 2. The first-order valence-electron chi connectivity index (χ1n) is 11.1. The average molecular weight is 566 g/mol. The Bertz CT molecular complexity index is 752. The minimum Gasteiger partial charge on any atom is -0.357 e. The molecule has 1 atom stereocenters. The van der Waals surface area contributed by atoms with Crippen molar-refractivity contribution in [2.75, 3.05) is 39.0 Å². The summed E-state index contributed by atoms with van der Waals surface area (Å²) in [6, 6.07) is 11.2. The van der Waals surface area contributed by atoms with Gasteiger partial charge in [0.25, 0.3) is 0 Å². The van der Waals surface area contributed by atoms with Crippen LogP contribution in [0.15, 0.2) is 35.3 Å². The molecule has 2 N–H and O–H groups in total. The van der Waals surface area contributed by atoms with Gasteiger partial charge in [0.2, 0.25) is 10.0 Å². The van der Waals surface area contributed by atoms with E-state index < -0.39 is 10.0 Å². The Hall–Kier alpha value is -0.910. The average Bonchev–Trinajstić information content (AvgIpc) is 2.75. The number of benzene rings is 1. The van der Waals surface area contributed by atoms with Crippen molar-refractivity contribution >= 4 is 40.0 Å². The molecule has 1 aromatic rings. The van der Waals surface area contributed by atoms with E-state index in [4.69, 9.17) is 4.99 Å². The maximum Gasteiger partial charge on any atom is 0.213 e. The van der Waals surface area contributed by atoms with Crippen LogP contribution in [0.5, 0.6) is 0 Å². The Kier molecular flexibility index (Phi) is 13.0. The Balaban J connectivity index is 0.00000480. The van der Waals surface area contributed by atoms with E-state index in [1.807, 2.05) is 6.07 Å². The number of guanidine groups is 1. The summed E-state index contributed by atoms with van der Waals surface area (Å²) in [4.78, 5) is 7.11. The fourth-order valence-corrected chi connectivity index (χ4v) is 4.72. The van der Waals surface area contributed by atoms with Crippen molar-refractivity contribution < 1.29 is 8.42 Å². The first-order chi connectivity index (χ1) is 14.4. The molecule has 0 radical (unpaired) electrons. The zero-order chi connectivity index (χ0) is 22.0. The Morgan fingerprint density at radius 2 is 1.87 bits per heavy atom. The molecule has 0 spiro atoms. The highest BCUT2D eigenvalue weighted by Gasteiger charge is 2.27. The number of nitrogens with one attached hydrogen (secondary N) is 2. The smallest absolute Gasteiger partial charge is 0.213 e. The molecule has 2 rings (SSSR count). The number of nitrogens with zero attached hydrogens (tertiary/aromatic N) is 3. The van der Waals surface area contributed by atoms with Gasteiger partial charge in [-0.3, -0.25) is 9.89 Å². The number of halogens is 1. The highest BCUT2D eigenvalue weighted by molar-refractivity contribution is 14.0. The van der Waals surface area contributed by atoms with Crippen LogP contribution >= 0.6 is 24.0 Å². The zero-order valence-corrected chi connectivity index (χ0v) is 22.5. The summed E-state index contributed by atoms with van der Waals surface area (Å²) >= 11 is 0. The summed E-state index contributed by atoms with van der Waals surface area (Å²) in [7, 11) is -0.927. The molecule has 31 heavy (non-hydrogen) atoms. The van der Waals surface area contributed by atoms with Gasteiger partial charge < -0.3 is 10.6 Å². The lowest BCUT2D eigenvalue weighted by Crippen LogP contribution is -2.50. The van der Waals surface area contributed by atoms with Crippen LogP contribution in [0.3, 0.4) is 0 Å². The molecule has 0 saturated carbocycles. The fourth-order valence-electron chi connectivity index (χ4n) is 3.59. The van der Waals surface area contributed by atoms with E-state index in [0.29, 0.717) is 19.1 Å². The molecule has 1 aliphatic rings. The van der Waals surface area contributed by atoms with E-state index in [1.165, 1.54) is 5.56 Å². The molecule has 0 aromatic heterocycles. The summed E-state index contributed by atoms with van der Waals surface area (Å²) < 4.78 is 25.7. The van der Waals surface area contributed by atoms with Gasteiger partial charge in [-0.15, -0.1) is 24.0 Å². The zero-order valence-electron chi connectivity index (χ0n) is 19.4. The van der Waals surface area contributed by atoms with Crippen molar-refractivity contribution in [3.8, 4) is 0 Å². The highest BCUT2D eigenvalue weighted by Crippen LogP contribution is 2.14. The lowest BCUT2D eigenvalue weighted by atomic mass is 10.1. The molecule has 1 unspecified atom stereocenters. The third-order valence-corrected chi connectivity index (χ3v) is 7.62. The third kappa shape index (κ3) is 9.63. The molecule has 178 valence electrons. The predicted molar refractivity (Wildman–Crippen MR) is 141 cm³/mol. The Morgan fingerprint density at radius 3 is 2.45 bits per heavy atom. The number of piperidine rings is 1. The van der Waals surface area contributed by atoms with Crippen LogP contribution in [0.2, 0.25) is 0 Å². The van der Waals surface area contributed by atoms with Gasteiger partial charge >= 0.3 is 0 Å². The van der Waals surface area contributed by atoms with Crippen LogP contribution < -0.4 is 10.6 Å². The standard InChI is InChI=1S/C22H39N5O2S.HI/c1-5-23-22(25-21-13-16-27(17-14-21)30(28,29)6-2)24-15-12-19(3)26(4)18-20-10-8-7-9-11-20;/h7-11,19,21H,5-6,12-18H2,1-4H3,(H2,23,24,25);1H. The second-order valence-corrected chi connectivity index (χ2v) is 10.3. The molecule has 1 heterocycles. The van der Waals surface area contributed by atoms with Crippen LogP contribution in [0, 0.1) is 0 Å². The van der Waals surface area contributed by atoms with Crippen molar-refractivity contribution in [2.24, 2.45) is 4.99 Å². The van der Waals surface area contributed by atoms with Gasteiger partial charge in [-0.05, 0) is 52.6 Å². The first kappa shape index (κ1) is 28.1. The van der Waals surface area contributed by atoms with Crippen molar-refractivity contribution in [1.82, 2.24) is 19.8 Å². The maximum absolute atomic E-state index is 12.0. The number of aliphatic imine (C=N–C) groups is 1. The van der Waals surface area contributed by atoms with E-state index in [-0.39, 0.29) is 35.8 Å². The van der Waals surface area contributed by atoms with E-state index in [9.17, 15) is 8.42 Å². The number of rotatable bonds is 10. The monoisotopic (exact) mass is 565 g/mol. The quantitative estimate of drug-likeness (QED) is 0.259. The van der Waals surface area contributed by atoms with Crippen LogP contribution in [0.1, 0.15) is 45.6 Å². The second kappa shape index (κ2) is 14.3. The minimum absolute atomic E-state index is 0. The molecule has 1 aliphatic heterocycles. The van der Waals surface area contributed by atoms with Gasteiger partial charge in [0.15, 0.2) is 5.96 Å². The molecular formula is C22H40IN5O2S. The summed E-state index contributed by atoms with van der Waals surface area (Å²) in [6.45, 7) is 9.64. The number of sulfonamides is 1. The van der Waals surface area contributed by atoms with Crippen LogP contribution in [-0.4, -0.2) is 74.6 Å². The summed E-state index contributed by atoms with van der Waals surface area (Å²) in [5.74, 6) is 0.999. The summed E-state index contributed by atoms with van der Waals surface area (Å²) in [5, 5.41) is 6.81.